The number of amides is 2. The zero-order chi connectivity index (χ0) is 21.6. The second-order valence-electron chi connectivity index (χ2n) is 5.74. The van der Waals surface area contributed by atoms with Gasteiger partial charge in [0, 0.05) is 30.4 Å². The van der Waals surface area contributed by atoms with Crippen LogP contribution in [0.4, 0.5) is 23.2 Å². The molecule has 2 aromatic rings. The topological polar surface area (TPSA) is 67.9 Å². The molecule has 29 heavy (non-hydrogen) atoms. The molecule has 0 bridgehead atoms. The molecule has 0 heterocycles. The number of methoxy groups -OCH3 is 1. The first-order valence-corrected chi connectivity index (χ1v) is 8.42. The van der Waals surface area contributed by atoms with Gasteiger partial charge in [0.15, 0.2) is 0 Å². The van der Waals surface area contributed by atoms with Crippen LogP contribution in [-0.2, 0) is 4.79 Å². The monoisotopic (exact) mass is 414 g/mol. The van der Waals surface area contributed by atoms with Crippen molar-refractivity contribution in [1.82, 2.24) is 4.90 Å². The van der Waals surface area contributed by atoms with Crippen LogP contribution >= 0.6 is 0 Å². The Morgan fingerprint density at radius 1 is 1.10 bits per heavy atom. The fourth-order valence-corrected chi connectivity index (χ4v) is 2.49. The zero-order valence-corrected chi connectivity index (χ0v) is 15.5. The van der Waals surface area contributed by atoms with Gasteiger partial charge in [-0.05, 0) is 19.1 Å². The molecule has 2 amide bonds. The number of likely N-dealkylation sites (N-methyl/N-ethyl adjacent to an activating group) is 1. The van der Waals surface area contributed by atoms with Gasteiger partial charge >= 0.3 is 6.61 Å². The van der Waals surface area contributed by atoms with E-state index in [1.54, 1.807) is 24.3 Å². The smallest absolute Gasteiger partial charge is 0.387 e. The van der Waals surface area contributed by atoms with Gasteiger partial charge in [0.25, 0.3) is 5.91 Å². The molecule has 0 unspecified atom stereocenters. The number of nitrogens with one attached hydrogen (secondary N) is 1. The van der Waals surface area contributed by atoms with Crippen molar-refractivity contribution in [2.24, 2.45) is 0 Å². The Kier molecular flexibility index (Phi) is 7.40. The molecule has 2 aromatic carbocycles. The number of carbonyl (C=O) groups excluding carboxylic acids is 2. The van der Waals surface area contributed by atoms with Gasteiger partial charge in [0.2, 0.25) is 5.91 Å². The molecule has 0 aliphatic heterocycles. The zero-order valence-electron chi connectivity index (χ0n) is 15.5. The van der Waals surface area contributed by atoms with E-state index in [4.69, 9.17) is 4.74 Å². The molecule has 156 valence electrons. The number of carbonyl (C=O) groups is 2. The normalized spacial score (nSPS) is 10.6. The fraction of sp³-hybridized carbons (Fsp3) is 0.263. The predicted octanol–water partition coefficient (Wildman–Crippen LogP) is 3.68. The van der Waals surface area contributed by atoms with Crippen LogP contribution in [0.1, 0.15) is 17.3 Å². The first-order chi connectivity index (χ1) is 13.7. The number of alkyl halides is 2. The van der Waals surface area contributed by atoms with Crippen LogP contribution in [0.25, 0.3) is 0 Å². The van der Waals surface area contributed by atoms with Gasteiger partial charge in [0.05, 0.1) is 7.11 Å². The van der Waals surface area contributed by atoms with Crippen LogP contribution in [0.3, 0.4) is 0 Å². The van der Waals surface area contributed by atoms with Gasteiger partial charge in [-0.25, -0.2) is 8.78 Å². The summed E-state index contributed by atoms with van der Waals surface area (Å²) >= 11 is 0. The summed E-state index contributed by atoms with van der Waals surface area (Å²) in [6.45, 7) is -2.28. The molecule has 0 aliphatic carbocycles. The minimum atomic E-state index is -3.28. The molecule has 0 saturated carbocycles. The molecule has 0 saturated heterocycles. The average molecular weight is 414 g/mol. The minimum Gasteiger partial charge on any atom is -0.497 e. The highest BCUT2D eigenvalue weighted by atomic mass is 19.3. The molecule has 2 rings (SSSR count). The second-order valence-corrected chi connectivity index (χ2v) is 5.74. The van der Waals surface area contributed by atoms with Crippen LogP contribution in [0.15, 0.2) is 36.4 Å². The summed E-state index contributed by atoms with van der Waals surface area (Å²) in [7, 11) is 1.46. The number of halogens is 4. The number of nitrogens with zero attached hydrogens (tertiary/aromatic N) is 1. The van der Waals surface area contributed by atoms with Crippen LogP contribution < -0.4 is 14.8 Å². The predicted molar refractivity (Wildman–Crippen MR) is 96.2 cm³/mol. The fourth-order valence-electron chi connectivity index (χ4n) is 2.49. The van der Waals surface area contributed by atoms with Crippen molar-refractivity contribution >= 4 is 17.5 Å². The third kappa shape index (κ3) is 5.84. The van der Waals surface area contributed by atoms with Crippen molar-refractivity contribution < 1.29 is 36.6 Å². The van der Waals surface area contributed by atoms with Crippen LogP contribution in [-0.4, -0.2) is 43.5 Å². The number of rotatable bonds is 8. The molecule has 1 N–H and O–H groups in total. The van der Waals surface area contributed by atoms with E-state index in [2.05, 4.69) is 10.1 Å². The van der Waals surface area contributed by atoms with Crippen molar-refractivity contribution in [3.8, 4) is 11.5 Å². The largest absolute Gasteiger partial charge is 0.497 e. The summed E-state index contributed by atoms with van der Waals surface area (Å²) in [5, 5.41) is 2.54. The molecule has 0 spiro atoms. The Labute approximate surface area is 164 Å². The molecule has 0 aliphatic rings. The summed E-state index contributed by atoms with van der Waals surface area (Å²) in [6.07, 6.45) is 0. The Hall–Kier alpha value is -3.30. The number of ether oxygens (including phenoxy) is 2. The summed E-state index contributed by atoms with van der Waals surface area (Å²) in [6, 6.07) is 7.42. The molecule has 0 atom stereocenters. The minimum absolute atomic E-state index is 0.0292. The van der Waals surface area contributed by atoms with Gasteiger partial charge in [-0.1, -0.05) is 6.07 Å². The summed E-state index contributed by atoms with van der Waals surface area (Å²) in [5.41, 5.74) is -0.564. The maximum atomic E-state index is 14.1. The van der Waals surface area contributed by atoms with E-state index in [9.17, 15) is 27.2 Å². The van der Waals surface area contributed by atoms with Gasteiger partial charge < -0.3 is 19.7 Å². The molecular formula is C19H18F4N2O4. The molecule has 0 aromatic heterocycles. The third-order valence-corrected chi connectivity index (χ3v) is 3.81. The Morgan fingerprint density at radius 3 is 2.31 bits per heavy atom. The Bertz CT molecular complexity index is 869. The number of hydrogen-bond donors (Lipinski definition) is 1. The van der Waals surface area contributed by atoms with Gasteiger partial charge in [0.1, 0.15) is 35.2 Å². The summed E-state index contributed by atoms with van der Waals surface area (Å²) in [5.74, 6) is -4.72. The van der Waals surface area contributed by atoms with Gasteiger partial charge in [-0.2, -0.15) is 8.78 Å². The molecule has 6 nitrogen and oxygen atoms in total. The lowest BCUT2D eigenvalue weighted by molar-refractivity contribution is -0.116. The highest BCUT2D eigenvalue weighted by molar-refractivity contribution is 5.99. The Balaban J connectivity index is 2.14. The quantitative estimate of drug-likeness (QED) is 0.670. The van der Waals surface area contributed by atoms with Crippen molar-refractivity contribution in [1.29, 1.82) is 0 Å². The highest BCUT2D eigenvalue weighted by Crippen LogP contribution is 2.23. The maximum absolute atomic E-state index is 14.1. The average Bonchev–Trinajstić information content (AvgIpc) is 2.65. The number of anilines is 1. The molecule has 0 radical (unpaired) electrons. The number of benzene rings is 2. The summed E-state index contributed by atoms with van der Waals surface area (Å²) < 4.78 is 61.7. The lowest BCUT2D eigenvalue weighted by Crippen LogP contribution is -2.38. The van der Waals surface area contributed by atoms with Crippen LogP contribution in [0, 0.1) is 11.6 Å². The molecule has 10 heteroatoms. The van der Waals surface area contributed by atoms with Gasteiger partial charge in [-0.15, -0.1) is 0 Å². The van der Waals surface area contributed by atoms with Crippen molar-refractivity contribution in [2.45, 2.75) is 13.5 Å². The van der Waals surface area contributed by atoms with E-state index in [1.807, 2.05) is 0 Å². The van der Waals surface area contributed by atoms with Crippen molar-refractivity contribution in [3.63, 3.8) is 0 Å². The first-order valence-electron chi connectivity index (χ1n) is 8.42. The van der Waals surface area contributed by atoms with E-state index in [1.165, 1.54) is 14.0 Å². The van der Waals surface area contributed by atoms with E-state index in [0.29, 0.717) is 23.6 Å². The summed E-state index contributed by atoms with van der Waals surface area (Å²) in [4.78, 5) is 25.6. The third-order valence-electron chi connectivity index (χ3n) is 3.81. The van der Waals surface area contributed by atoms with Gasteiger partial charge in [-0.3, -0.25) is 9.59 Å². The van der Waals surface area contributed by atoms with Crippen molar-refractivity contribution in [2.75, 3.05) is 25.5 Å². The van der Waals surface area contributed by atoms with Crippen LogP contribution in [0.5, 0.6) is 11.5 Å². The van der Waals surface area contributed by atoms with Crippen molar-refractivity contribution in [3.05, 3.63) is 53.6 Å². The maximum Gasteiger partial charge on any atom is 0.387 e. The first kappa shape index (κ1) is 22.0. The standard InChI is InChI=1S/C19H18F4N2O4/c1-3-25(10-16(26)24-11-5-4-6-12(7-11)28-2)18(27)17-14(20)8-13(9-15(17)21)29-19(22)23/h4-9,19H,3,10H2,1-2H3,(H,24,26). The number of hydrogen-bond acceptors (Lipinski definition) is 4. The van der Waals surface area contributed by atoms with E-state index < -0.39 is 47.9 Å². The molecule has 0 fully saturated rings. The van der Waals surface area contributed by atoms with E-state index >= 15 is 0 Å². The lowest BCUT2D eigenvalue weighted by Gasteiger charge is -2.21. The van der Waals surface area contributed by atoms with E-state index in [-0.39, 0.29) is 6.54 Å². The second kappa shape index (κ2) is 9.76. The highest BCUT2D eigenvalue weighted by Gasteiger charge is 2.25. The Morgan fingerprint density at radius 2 is 1.76 bits per heavy atom. The molecular weight excluding hydrogens is 396 g/mol. The SMILES string of the molecule is CCN(CC(=O)Nc1cccc(OC)c1)C(=O)c1c(F)cc(OC(F)F)cc1F. The van der Waals surface area contributed by atoms with Crippen LogP contribution in [0.2, 0.25) is 0 Å². The van der Waals surface area contributed by atoms with E-state index in [0.717, 1.165) is 4.90 Å². The lowest BCUT2D eigenvalue weighted by atomic mass is 10.1.